The van der Waals surface area contributed by atoms with Gasteiger partial charge in [-0.3, -0.25) is 19.0 Å². The fourth-order valence-corrected chi connectivity index (χ4v) is 2.34. The van der Waals surface area contributed by atoms with Gasteiger partial charge >= 0.3 is 0 Å². The van der Waals surface area contributed by atoms with Crippen molar-refractivity contribution in [3.8, 4) is 0 Å². The Morgan fingerprint density at radius 2 is 2.28 bits per heavy atom. The average Bonchev–Trinajstić information content (AvgIpc) is 2.74. The third-order valence-corrected chi connectivity index (χ3v) is 3.22. The third kappa shape index (κ3) is 2.73. The Kier molecular flexibility index (Phi) is 3.45. The number of hydroxylamine groups is 1. The van der Waals surface area contributed by atoms with Crippen molar-refractivity contribution in [3.05, 3.63) is 22.1 Å². The summed E-state index contributed by atoms with van der Waals surface area (Å²) in [6, 6.07) is 0. The molecule has 1 aliphatic heterocycles. The maximum Gasteiger partial charge on any atom is 0.282 e. The van der Waals surface area contributed by atoms with E-state index < -0.39 is 11.5 Å². The highest BCUT2D eigenvalue weighted by molar-refractivity contribution is 7.99. The summed E-state index contributed by atoms with van der Waals surface area (Å²) in [4.78, 5) is 33.1. The number of aromatic nitrogens is 2. The van der Waals surface area contributed by atoms with E-state index in [-0.39, 0.29) is 11.1 Å². The summed E-state index contributed by atoms with van der Waals surface area (Å²) < 4.78 is 1.51. The van der Waals surface area contributed by atoms with Gasteiger partial charge < -0.3 is 0 Å². The van der Waals surface area contributed by atoms with Gasteiger partial charge in [-0.2, -0.15) is 0 Å². The van der Waals surface area contributed by atoms with E-state index in [4.69, 9.17) is 4.84 Å². The molecule has 98 valence electrons. The lowest BCUT2D eigenvalue weighted by Gasteiger charge is -2.18. The number of carbonyl (C=O) groups excluding carboxylic acids is 1. The molecule has 1 aliphatic rings. The number of nitrogens with one attached hydrogen (secondary N) is 1. The lowest BCUT2D eigenvalue weighted by atomic mass is 10.2. The van der Waals surface area contributed by atoms with Crippen LogP contribution < -0.4 is 11.0 Å². The second kappa shape index (κ2) is 4.74. The molecule has 7 heteroatoms. The van der Waals surface area contributed by atoms with Gasteiger partial charge in [0.25, 0.3) is 11.5 Å². The summed E-state index contributed by atoms with van der Waals surface area (Å²) in [6.45, 7) is 6.00. The molecule has 0 unspecified atom stereocenters. The Morgan fingerprint density at radius 3 is 2.94 bits per heavy atom. The van der Waals surface area contributed by atoms with E-state index in [9.17, 15) is 9.59 Å². The number of hydrogen-bond acceptors (Lipinski definition) is 5. The van der Waals surface area contributed by atoms with Crippen molar-refractivity contribution in [2.75, 3.05) is 5.75 Å². The first-order valence-corrected chi connectivity index (χ1v) is 6.58. The number of nitrogens with zero attached hydrogens (tertiary/aromatic N) is 2. The largest absolute Gasteiger partial charge is 0.286 e. The zero-order valence-electron chi connectivity index (χ0n) is 10.5. The van der Waals surface area contributed by atoms with Crippen molar-refractivity contribution in [2.24, 2.45) is 0 Å². The molecule has 0 bridgehead atoms. The molecule has 0 radical (unpaired) electrons. The predicted octanol–water partition coefficient (Wildman–Crippen LogP) is 0.809. The molecule has 2 heterocycles. The third-order valence-electron chi connectivity index (χ3n) is 2.25. The summed E-state index contributed by atoms with van der Waals surface area (Å²) in [5.41, 5.74) is 1.45. The van der Waals surface area contributed by atoms with Gasteiger partial charge in [-0.25, -0.2) is 10.5 Å². The van der Waals surface area contributed by atoms with Crippen LogP contribution in [0.5, 0.6) is 0 Å². The van der Waals surface area contributed by atoms with Crippen LogP contribution in [0.25, 0.3) is 0 Å². The van der Waals surface area contributed by atoms with Crippen LogP contribution in [-0.4, -0.2) is 26.8 Å². The van der Waals surface area contributed by atoms with Crippen molar-refractivity contribution in [3.63, 3.8) is 0 Å². The molecule has 1 aromatic heterocycles. The lowest BCUT2D eigenvalue weighted by Crippen LogP contribution is -2.37. The Hall–Kier alpha value is -1.34. The van der Waals surface area contributed by atoms with Crippen LogP contribution in [0.4, 0.5) is 0 Å². The van der Waals surface area contributed by atoms with E-state index in [1.807, 2.05) is 0 Å². The molecule has 0 spiro atoms. The van der Waals surface area contributed by atoms with Crippen LogP contribution in [0.1, 0.15) is 31.1 Å². The van der Waals surface area contributed by atoms with Crippen molar-refractivity contribution >= 4 is 17.7 Å². The molecule has 18 heavy (non-hydrogen) atoms. The van der Waals surface area contributed by atoms with Crippen molar-refractivity contribution in [1.29, 1.82) is 0 Å². The average molecular weight is 269 g/mol. The number of hydrogen-bond donors (Lipinski definition) is 1. The first-order valence-electron chi connectivity index (χ1n) is 5.59. The van der Waals surface area contributed by atoms with Crippen molar-refractivity contribution in [2.45, 2.75) is 38.1 Å². The van der Waals surface area contributed by atoms with E-state index in [1.54, 1.807) is 20.8 Å². The van der Waals surface area contributed by atoms with Gasteiger partial charge in [0.2, 0.25) is 0 Å². The highest BCUT2D eigenvalue weighted by atomic mass is 32.2. The van der Waals surface area contributed by atoms with Gasteiger partial charge in [0.05, 0.1) is 5.60 Å². The molecule has 2 rings (SSSR count). The quantitative estimate of drug-likeness (QED) is 0.635. The Labute approximate surface area is 109 Å². The first kappa shape index (κ1) is 13.1. The van der Waals surface area contributed by atoms with Crippen LogP contribution in [0.15, 0.2) is 16.1 Å². The summed E-state index contributed by atoms with van der Waals surface area (Å²) in [5, 5.41) is 0.660. The minimum Gasteiger partial charge on any atom is -0.286 e. The highest BCUT2D eigenvalue weighted by Gasteiger charge is 2.21. The lowest BCUT2D eigenvalue weighted by molar-refractivity contribution is -0.0590. The van der Waals surface area contributed by atoms with Crippen LogP contribution in [-0.2, 0) is 11.4 Å². The van der Waals surface area contributed by atoms with Crippen molar-refractivity contribution in [1.82, 2.24) is 15.0 Å². The standard InChI is InChI=1S/C11H15N3O3S/c1-11(2,3)17-13-8(15)7-6-12-10-14(9(7)16)4-5-18-10/h6H,4-5H2,1-3H3,(H,13,15). The molecule has 6 nitrogen and oxygen atoms in total. The van der Waals surface area contributed by atoms with Gasteiger partial charge in [0, 0.05) is 18.5 Å². The second-order valence-corrected chi connectivity index (χ2v) is 5.97. The maximum atomic E-state index is 12.0. The smallest absolute Gasteiger partial charge is 0.282 e. The van der Waals surface area contributed by atoms with E-state index in [0.717, 1.165) is 5.75 Å². The predicted molar refractivity (Wildman–Crippen MR) is 67.5 cm³/mol. The maximum absolute atomic E-state index is 12.0. The van der Waals surface area contributed by atoms with E-state index in [1.165, 1.54) is 22.5 Å². The zero-order chi connectivity index (χ0) is 13.3. The Balaban J connectivity index is 2.19. The molecular formula is C11H15N3O3S. The Morgan fingerprint density at radius 1 is 1.56 bits per heavy atom. The van der Waals surface area contributed by atoms with E-state index in [0.29, 0.717) is 11.7 Å². The van der Waals surface area contributed by atoms with E-state index in [2.05, 4.69) is 10.5 Å². The van der Waals surface area contributed by atoms with Crippen LogP contribution in [0, 0.1) is 0 Å². The first-order chi connectivity index (χ1) is 8.38. The number of rotatable bonds is 2. The molecule has 0 aliphatic carbocycles. The zero-order valence-corrected chi connectivity index (χ0v) is 11.3. The number of carbonyl (C=O) groups is 1. The van der Waals surface area contributed by atoms with Gasteiger partial charge in [0.1, 0.15) is 5.56 Å². The number of amides is 1. The molecule has 1 aromatic rings. The molecule has 0 saturated heterocycles. The second-order valence-electron chi connectivity index (χ2n) is 4.91. The molecule has 1 N–H and O–H groups in total. The minimum absolute atomic E-state index is 0.00509. The molecular weight excluding hydrogens is 254 g/mol. The van der Waals surface area contributed by atoms with Gasteiger partial charge in [-0.1, -0.05) is 11.8 Å². The fraction of sp³-hybridized carbons (Fsp3) is 0.545. The molecule has 0 aromatic carbocycles. The van der Waals surface area contributed by atoms with Crippen LogP contribution in [0.3, 0.4) is 0 Å². The normalized spacial score (nSPS) is 14.4. The van der Waals surface area contributed by atoms with Crippen molar-refractivity contribution < 1.29 is 9.63 Å². The van der Waals surface area contributed by atoms with Crippen LogP contribution in [0.2, 0.25) is 0 Å². The molecule has 0 saturated carbocycles. The van der Waals surface area contributed by atoms with Gasteiger partial charge in [-0.05, 0) is 20.8 Å². The topological polar surface area (TPSA) is 73.2 Å². The fourth-order valence-electron chi connectivity index (χ4n) is 1.43. The van der Waals surface area contributed by atoms with Gasteiger partial charge in [0.15, 0.2) is 5.16 Å². The summed E-state index contributed by atoms with van der Waals surface area (Å²) >= 11 is 1.51. The SMILES string of the molecule is CC(C)(C)ONC(=O)c1cnc2n(c1=O)CCS2. The minimum atomic E-state index is -0.561. The molecule has 0 atom stereocenters. The summed E-state index contributed by atoms with van der Waals surface area (Å²) in [5.74, 6) is 0.251. The number of fused-ring (bicyclic) bond motifs is 1. The molecule has 1 amide bonds. The number of thioether (sulfide) groups is 1. The highest BCUT2D eigenvalue weighted by Crippen LogP contribution is 2.20. The monoisotopic (exact) mass is 269 g/mol. The van der Waals surface area contributed by atoms with Gasteiger partial charge in [-0.15, -0.1) is 0 Å². The Bertz CT molecular complexity index is 533. The summed E-state index contributed by atoms with van der Waals surface area (Å²) in [6.07, 6.45) is 1.30. The summed E-state index contributed by atoms with van der Waals surface area (Å²) in [7, 11) is 0. The van der Waals surface area contributed by atoms with Crippen LogP contribution >= 0.6 is 11.8 Å². The molecule has 0 fully saturated rings. The van der Waals surface area contributed by atoms with E-state index >= 15 is 0 Å².